The molecule has 0 bridgehead atoms. The Balaban J connectivity index is 1.23. The zero-order chi connectivity index (χ0) is 26.1. The van der Waals surface area contributed by atoms with E-state index in [0.29, 0.717) is 24.5 Å². The van der Waals surface area contributed by atoms with E-state index < -0.39 is 6.10 Å². The van der Waals surface area contributed by atoms with Crippen LogP contribution in [0.15, 0.2) is 67.3 Å². The number of ether oxygens (including phenoxy) is 1. The Morgan fingerprint density at radius 3 is 2.89 bits per heavy atom. The van der Waals surface area contributed by atoms with Gasteiger partial charge in [-0.2, -0.15) is 10.2 Å². The fourth-order valence-corrected chi connectivity index (χ4v) is 5.13. The average Bonchev–Trinajstić information content (AvgIpc) is 3.50. The molecule has 0 aliphatic heterocycles. The first kappa shape index (κ1) is 24.3. The highest BCUT2D eigenvalue weighted by Crippen LogP contribution is 2.32. The molecule has 38 heavy (non-hydrogen) atoms. The van der Waals surface area contributed by atoms with Crippen molar-refractivity contribution in [1.29, 1.82) is 0 Å². The number of nitrogens with two attached hydrogens (primary N) is 1. The monoisotopic (exact) mass is 515 g/mol. The van der Waals surface area contributed by atoms with Crippen molar-refractivity contribution in [2.75, 3.05) is 5.32 Å². The topological polar surface area (TPSA) is 116 Å². The fraction of sp³-hybridized carbons (Fsp3) is 0.321. The Morgan fingerprint density at radius 2 is 2.00 bits per heavy atom. The van der Waals surface area contributed by atoms with Crippen LogP contribution in [0.1, 0.15) is 37.7 Å². The third-order valence-electron chi connectivity index (χ3n) is 7.18. The molecule has 9 nitrogen and oxygen atoms in total. The van der Waals surface area contributed by atoms with E-state index in [9.17, 15) is 9.50 Å². The highest BCUT2D eigenvalue weighted by Gasteiger charge is 2.23. The van der Waals surface area contributed by atoms with Crippen LogP contribution in [0.25, 0.3) is 16.4 Å². The Kier molecular flexibility index (Phi) is 6.65. The van der Waals surface area contributed by atoms with Gasteiger partial charge in [-0.15, -0.1) is 0 Å². The number of nitrogens with zero attached hydrogens (tertiary/aromatic N) is 5. The van der Waals surface area contributed by atoms with Crippen molar-refractivity contribution in [3.8, 4) is 5.75 Å². The summed E-state index contributed by atoms with van der Waals surface area (Å²) >= 11 is 0. The standard InChI is InChI=1S/C28H30FN7O2/c29-20-4-1-3-18(13-20)16-36-24-9-7-21(14-19(24)15-32-36)34-28-27-26(11-12-35(27)33-17-31-28)38-22-5-2-6-23(30)25(37)10-8-22/h1,3-4,7,9,11-15,17,22-23,25,37H,2,5-6,8,10,16,30H2,(H,31,33,34)/t22-,23-,25-/m0/s1. The molecular formula is C28H30FN7O2. The lowest BCUT2D eigenvalue weighted by molar-refractivity contribution is 0.0850. The number of hydrogen-bond acceptors (Lipinski definition) is 7. The molecule has 1 fully saturated rings. The zero-order valence-corrected chi connectivity index (χ0v) is 20.9. The molecule has 3 atom stereocenters. The van der Waals surface area contributed by atoms with E-state index in [2.05, 4.69) is 20.5 Å². The second kappa shape index (κ2) is 10.4. The minimum absolute atomic E-state index is 0.0170. The normalized spacial score (nSPS) is 20.3. The van der Waals surface area contributed by atoms with Gasteiger partial charge in [0.2, 0.25) is 0 Å². The number of anilines is 2. The molecule has 1 aliphatic carbocycles. The van der Waals surface area contributed by atoms with Gasteiger partial charge >= 0.3 is 0 Å². The summed E-state index contributed by atoms with van der Waals surface area (Å²) in [5.41, 5.74) is 9.42. The molecule has 0 amide bonds. The molecule has 0 radical (unpaired) electrons. The SMILES string of the molecule is N[C@H]1CCC[C@H](Oc2ccn3ncnc(Nc4ccc5c(cnn5Cc5cccc(F)c5)c4)c23)CC[C@@H]1O. The van der Waals surface area contributed by atoms with Crippen molar-refractivity contribution in [2.24, 2.45) is 5.73 Å². The molecule has 6 rings (SSSR count). The summed E-state index contributed by atoms with van der Waals surface area (Å²) in [6.45, 7) is 0.482. The summed E-state index contributed by atoms with van der Waals surface area (Å²) in [6.07, 6.45) is 8.56. The van der Waals surface area contributed by atoms with Crippen molar-refractivity contribution >= 4 is 27.9 Å². The molecule has 196 valence electrons. The minimum Gasteiger partial charge on any atom is -0.488 e. The van der Waals surface area contributed by atoms with Gasteiger partial charge in [-0.05, 0) is 68.0 Å². The summed E-state index contributed by atoms with van der Waals surface area (Å²) in [6, 6.07) is 14.2. The van der Waals surface area contributed by atoms with Gasteiger partial charge in [-0.25, -0.2) is 13.9 Å². The summed E-state index contributed by atoms with van der Waals surface area (Å²) in [7, 11) is 0. The van der Waals surface area contributed by atoms with Gasteiger partial charge in [-0.1, -0.05) is 12.1 Å². The Morgan fingerprint density at radius 1 is 1.08 bits per heavy atom. The van der Waals surface area contributed by atoms with Gasteiger partial charge in [0.05, 0.1) is 30.5 Å². The lowest BCUT2D eigenvalue weighted by Crippen LogP contribution is -2.37. The van der Waals surface area contributed by atoms with Gasteiger partial charge in [-0.3, -0.25) is 4.68 Å². The van der Waals surface area contributed by atoms with Crippen molar-refractivity contribution in [3.05, 3.63) is 78.6 Å². The van der Waals surface area contributed by atoms with Gasteiger partial charge in [0.15, 0.2) is 11.6 Å². The Labute approximate surface area is 219 Å². The summed E-state index contributed by atoms with van der Waals surface area (Å²) < 4.78 is 23.6. The third kappa shape index (κ3) is 5.05. The van der Waals surface area contributed by atoms with Crippen molar-refractivity contribution in [2.45, 2.75) is 56.9 Å². The quantitative estimate of drug-likeness (QED) is 0.307. The predicted octanol–water partition coefficient (Wildman–Crippen LogP) is 4.41. The Bertz CT molecular complexity index is 1570. The van der Waals surface area contributed by atoms with Gasteiger partial charge in [0.25, 0.3) is 0 Å². The number of aliphatic hydroxyl groups excluding tert-OH is 1. The smallest absolute Gasteiger partial charge is 0.162 e. The van der Waals surface area contributed by atoms with Crippen LogP contribution < -0.4 is 15.8 Å². The maximum absolute atomic E-state index is 13.6. The first-order valence-electron chi connectivity index (χ1n) is 12.9. The molecule has 5 aromatic rings. The Hall–Kier alpha value is -4.02. The van der Waals surface area contributed by atoms with E-state index in [4.69, 9.17) is 10.5 Å². The molecule has 3 aromatic heterocycles. The van der Waals surface area contributed by atoms with Crippen LogP contribution in [0.2, 0.25) is 0 Å². The highest BCUT2D eigenvalue weighted by molar-refractivity contribution is 5.86. The number of fused-ring (bicyclic) bond motifs is 2. The summed E-state index contributed by atoms with van der Waals surface area (Å²) in [5, 5.41) is 23.4. The lowest BCUT2D eigenvalue weighted by Gasteiger charge is -2.27. The number of aromatic nitrogens is 5. The first-order valence-corrected chi connectivity index (χ1v) is 12.9. The van der Waals surface area contributed by atoms with E-state index in [1.54, 1.807) is 16.8 Å². The maximum atomic E-state index is 13.6. The number of rotatable bonds is 6. The van der Waals surface area contributed by atoms with E-state index in [1.165, 1.54) is 18.5 Å². The zero-order valence-electron chi connectivity index (χ0n) is 20.9. The van der Waals surface area contributed by atoms with Crippen molar-refractivity contribution < 1.29 is 14.2 Å². The molecule has 0 saturated heterocycles. The van der Waals surface area contributed by atoms with Gasteiger partial charge in [0.1, 0.15) is 17.7 Å². The molecule has 4 N–H and O–H groups in total. The number of nitrogens with one attached hydrogen (secondary N) is 1. The van der Waals surface area contributed by atoms with E-state index in [1.807, 2.05) is 41.2 Å². The van der Waals surface area contributed by atoms with Crippen LogP contribution in [0.3, 0.4) is 0 Å². The van der Waals surface area contributed by atoms with Crippen molar-refractivity contribution in [3.63, 3.8) is 0 Å². The van der Waals surface area contributed by atoms with Crippen LogP contribution in [0, 0.1) is 5.82 Å². The molecule has 0 spiro atoms. The summed E-state index contributed by atoms with van der Waals surface area (Å²) in [4.78, 5) is 4.50. The number of hydrogen-bond donors (Lipinski definition) is 3. The molecule has 1 aliphatic rings. The summed E-state index contributed by atoms with van der Waals surface area (Å²) in [5.74, 6) is 1.06. The molecular weight excluding hydrogens is 485 g/mol. The maximum Gasteiger partial charge on any atom is 0.162 e. The first-order chi connectivity index (χ1) is 18.5. The number of aliphatic hydroxyl groups is 1. The van der Waals surface area contributed by atoms with Crippen LogP contribution >= 0.6 is 0 Å². The van der Waals surface area contributed by atoms with Crippen LogP contribution in [-0.2, 0) is 6.54 Å². The molecule has 2 aromatic carbocycles. The fourth-order valence-electron chi connectivity index (χ4n) is 5.13. The number of halogens is 1. The number of benzene rings is 2. The van der Waals surface area contributed by atoms with E-state index in [-0.39, 0.29) is 18.0 Å². The predicted molar refractivity (Wildman–Crippen MR) is 143 cm³/mol. The van der Waals surface area contributed by atoms with Crippen molar-refractivity contribution in [1.82, 2.24) is 24.4 Å². The lowest BCUT2D eigenvalue weighted by atomic mass is 9.93. The second-order valence-electron chi connectivity index (χ2n) is 9.89. The molecule has 10 heteroatoms. The average molecular weight is 516 g/mol. The largest absolute Gasteiger partial charge is 0.488 e. The third-order valence-corrected chi connectivity index (χ3v) is 7.18. The molecule has 3 heterocycles. The minimum atomic E-state index is -0.499. The van der Waals surface area contributed by atoms with Crippen LogP contribution in [0.5, 0.6) is 5.75 Å². The van der Waals surface area contributed by atoms with Gasteiger partial charge in [0, 0.05) is 29.4 Å². The van der Waals surface area contributed by atoms with E-state index in [0.717, 1.165) is 53.4 Å². The highest BCUT2D eigenvalue weighted by atomic mass is 19.1. The second-order valence-corrected chi connectivity index (χ2v) is 9.89. The van der Waals surface area contributed by atoms with Crippen LogP contribution in [-0.4, -0.2) is 47.7 Å². The van der Waals surface area contributed by atoms with Crippen LogP contribution in [0.4, 0.5) is 15.9 Å². The molecule has 1 saturated carbocycles. The van der Waals surface area contributed by atoms with E-state index >= 15 is 0 Å². The van der Waals surface area contributed by atoms with Gasteiger partial charge < -0.3 is 20.9 Å². The molecule has 0 unspecified atom stereocenters.